The quantitative estimate of drug-likeness (QED) is 0.127. The first-order chi connectivity index (χ1) is 34.9. The SMILES string of the molecule is COc1cc2ccc1-c1ccc(cc1)-c1ccc(cc1)-c1c(F)c(F)c(c(F)c1F)-c1ccc(cc1)-c1ccc(c(OC)c1)-c1ccc(cc1)-c1ccc(cc1)-c1c(F)c(F)c(c(F)c1F)-c1ccc-2cc1. The summed E-state index contributed by atoms with van der Waals surface area (Å²) >= 11 is 0. The van der Waals surface area contributed by atoms with Gasteiger partial charge in [0, 0.05) is 11.1 Å². The summed E-state index contributed by atoms with van der Waals surface area (Å²) in [6.07, 6.45) is 0. The van der Waals surface area contributed by atoms with E-state index in [0.717, 1.165) is 33.4 Å². The molecule has 38 rings (SSSR count). The van der Waals surface area contributed by atoms with Crippen molar-refractivity contribution >= 4 is 0 Å². The zero-order valence-corrected chi connectivity index (χ0v) is 38.2. The highest BCUT2D eigenvalue weighted by Gasteiger charge is 2.29. The van der Waals surface area contributed by atoms with E-state index in [1.165, 1.54) is 62.8 Å². The number of hydrogen-bond donors (Lipinski definition) is 0. The molecule has 0 atom stereocenters. The van der Waals surface area contributed by atoms with E-state index in [1.54, 1.807) is 60.7 Å². The molecule has 0 unspecified atom stereocenters. The molecule has 28 aliphatic carbocycles. The minimum Gasteiger partial charge on any atom is -0.496 e. The van der Waals surface area contributed by atoms with Crippen molar-refractivity contribution in [3.05, 3.63) is 229 Å². The van der Waals surface area contributed by atoms with Crippen LogP contribution in [0, 0.1) is 46.5 Å². The van der Waals surface area contributed by atoms with Crippen molar-refractivity contribution in [3.8, 4) is 123 Å². The van der Waals surface area contributed by atoms with Gasteiger partial charge in [0.2, 0.25) is 0 Å². The second kappa shape index (κ2) is 18.2. The topological polar surface area (TPSA) is 18.5 Å². The number of ether oxygens (including phenoxy) is 2. The standard InChI is InChI=1S/C62H36F8O2/c1-71-49-31-45-27-29-47(49)39-15-3-33(4-16-39)35-7-19-41(20-8-35)51-57(65)61(69)54(62(70)58(51)66)44-25-13-38(14-26-44)46-28-30-48(50(32-46)72-2)40-17-5-34(6-18-40)36-9-21-42(22-10-36)52-55(63)59(67)53(60(68)56(52)64)43-23-11-37(45)12-24-43/h3-32H,1-2H3. The number of methoxy groups -OCH3 is 2. The van der Waals surface area contributed by atoms with Crippen LogP contribution in [0.15, 0.2) is 182 Å². The Morgan fingerprint density at radius 1 is 0.208 bits per heavy atom. The highest BCUT2D eigenvalue weighted by atomic mass is 19.2. The number of rotatable bonds is 2. The third-order valence-corrected chi connectivity index (χ3v) is 13.3. The zero-order chi connectivity index (χ0) is 49.9. The molecule has 352 valence electrons. The predicted molar refractivity (Wildman–Crippen MR) is 267 cm³/mol. The maximum atomic E-state index is 15.9. The van der Waals surface area contributed by atoms with E-state index in [2.05, 4.69) is 0 Å². The van der Waals surface area contributed by atoms with E-state index >= 15 is 35.1 Å². The van der Waals surface area contributed by atoms with Crippen LogP contribution in [-0.2, 0) is 0 Å². The Bertz CT molecular complexity index is 3430. The summed E-state index contributed by atoms with van der Waals surface area (Å²) < 4.78 is 139. The Kier molecular flexibility index (Phi) is 11.5. The summed E-state index contributed by atoms with van der Waals surface area (Å²) in [6.45, 7) is 0. The Balaban J connectivity index is 0.996. The molecule has 0 aromatic heterocycles. The van der Waals surface area contributed by atoms with Crippen molar-refractivity contribution < 1.29 is 44.6 Å². The van der Waals surface area contributed by atoms with Crippen molar-refractivity contribution in [2.24, 2.45) is 0 Å². The maximum absolute atomic E-state index is 15.9. The molecular formula is C62H36F8O2. The minimum absolute atomic E-state index is 0.0574. The van der Waals surface area contributed by atoms with Gasteiger partial charge in [0.15, 0.2) is 46.5 Å². The van der Waals surface area contributed by atoms with Gasteiger partial charge in [0.1, 0.15) is 11.5 Å². The molecule has 0 saturated carbocycles. The lowest BCUT2D eigenvalue weighted by Gasteiger charge is -2.15. The lowest BCUT2D eigenvalue weighted by atomic mass is 9.93. The van der Waals surface area contributed by atoms with Crippen molar-refractivity contribution in [2.45, 2.75) is 0 Å². The van der Waals surface area contributed by atoms with Crippen LogP contribution in [0.3, 0.4) is 0 Å². The molecule has 0 spiro atoms. The van der Waals surface area contributed by atoms with Gasteiger partial charge >= 0.3 is 0 Å². The van der Waals surface area contributed by atoms with Gasteiger partial charge in [-0.25, -0.2) is 35.1 Å². The highest BCUT2D eigenvalue weighted by Crippen LogP contribution is 2.43. The lowest BCUT2D eigenvalue weighted by Crippen LogP contribution is -2.03. The summed E-state index contributed by atoms with van der Waals surface area (Å²) in [4.78, 5) is 0. The average molecular weight is 965 g/mol. The minimum atomic E-state index is -1.52. The monoisotopic (exact) mass is 964 g/mol. The van der Waals surface area contributed by atoms with Crippen molar-refractivity contribution in [3.63, 3.8) is 0 Å². The molecule has 0 N–H and O–H groups in total. The summed E-state index contributed by atoms with van der Waals surface area (Å²) in [5, 5.41) is 0. The summed E-state index contributed by atoms with van der Waals surface area (Å²) in [6, 6.07) is 49.6. The first-order valence-corrected chi connectivity index (χ1v) is 22.6. The van der Waals surface area contributed by atoms with Crippen LogP contribution in [0.1, 0.15) is 0 Å². The largest absolute Gasteiger partial charge is 0.496 e. The molecular weight excluding hydrogens is 929 g/mol. The van der Waals surface area contributed by atoms with Gasteiger partial charge in [-0.2, -0.15) is 0 Å². The van der Waals surface area contributed by atoms with E-state index in [1.807, 2.05) is 72.8 Å². The van der Waals surface area contributed by atoms with Crippen LogP contribution >= 0.6 is 0 Å². The van der Waals surface area contributed by atoms with Crippen molar-refractivity contribution in [1.29, 1.82) is 0 Å². The van der Waals surface area contributed by atoms with E-state index in [-0.39, 0.29) is 22.3 Å². The Morgan fingerprint density at radius 2 is 0.375 bits per heavy atom. The van der Waals surface area contributed by atoms with Crippen molar-refractivity contribution in [2.75, 3.05) is 14.2 Å². The van der Waals surface area contributed by atoms with Crippen LogP contribution in [-0.4, -0.2) is 14.2 Å². The second-order valence-electron chi connectivity index (χ2n) is 17.3. The van der Waals surface area contributed by atoms with Gasteiger partial charge in [0.05, 0.1) is 36.5 Å². The van der Waals surface area contributed by atoms with Gasteiger partial charge in [-0.3, -0.25) is 0 Å². The fourth-order valence-corrected chi connectivity index (χ4v) is 9.50. The average Bonchev–Trinajstić information content (AvgIpc) is 3.42. The Hall–Kier alpha value is -8.76. The van der Waals surface area contributed by atoms with E-state index < -0.39 is 68.8 Å². The lowest BCUT2D eigenvalue weighted by molar-refractivity contribution is 0.416. The Morgan fingerprint density at radius 3 is 0.583 bits per heavy atom. The maximum Gasteiger partial charge on any atom is 0.170 e. The second-order valence-corrected chi connectivity index (χ2v) is 17.3. The first-order valence-electron chi connectivity index (χ1n) is 22.6. The molecule has 10 aromatic carbocycles. The number of hydrogen-bond acceptors (Lipinski definition) is 2. The van der Waals surface area contributed by atoms with Crippen LogP contribution in [0.4, 0.5) is 35.1 Å². The molecule has 28 aliphatic rings. The molecule has 0 saturated heterocycles. The van der Waals surface area contributed by atoms with Gasteiger partial charge in [-0.05, 0) is 90.0 Å². The third-order valence-electron chi connectivity index (χ3n) is 13.3. The van der Waals surface area contributed by atoms with Gasteiger partial charge < -0.3 is 9.47 Å². The van der Waals surface area contributed by atoms with Gasteiger partial charge in [0.25, 0.3) is 0 Å². The molecule has 72 heavy (non-hydrogen) atoms. The van der Waals surface area contributed by atoms with Gasteiger partial charge in [-0.15, -0.1) is 0 Å². The fraction of sp³-hybridized carbons (Fsp3) is 0.0323. The van der Waals surface area contributed by atoms with Gasteiger partial charge in [-0.1, -0.05) is 170 Å². The zero-order valence-electron chi connectivity index (χ0n) is 38.2. The molecule has 10 aromatic rings. The molecule has 0 amide bonds. The van der Waals surface area contributed by atoms with E-state index in [4.69, 9.17) is 9.47 Å². The highest BCUT2D eigenvalue weighted by molar-refractivity contribution is 5.83. The molecule has 20 bridgehead atoms. The first kappa shape index (κ1) is 45.7. The molecule has 0 aliphatic heterocycles. The predicted octanol–water partition coefficient (Wildman–Crippen LogP) is 17.8. The van der Waals surface area contributed by atoms with E-state index in [0.29, 0.717) is 44.9 Å². The van der Waals surface area contributed by atoms with Crippen LogP contribution in [0.2, 0.25) is 0 Å². The van der Waals surface area contributed by atoms with Crippen LogP contribution < -0.4 is 9.47 Å². The Labute approximate surface area is 408 Å². The third kappa shape index (κ3) is 7.76. The molecule has 0 fully saturated rings. The summed E-state index contributed by atoms with van der Waals surface area (Å²) in [7, 11) is 3.02. The summed E-state index contributed by atoms with van der Waals surface area (Å²) in [5.41, 5.74) is 4.94. The smallest absolute Gasteiger partial charge is 0.170 e. The molecule has 10 heteroatoms. The fourth-order valence-electron chi connectivity index (χ4n) is 9.50. The number of halogens is 8. The van der Waals surface area contributed by atoms with Crippen LogP contribution in [0.5, 0.6) is 11.5 Å². The number of benzene rings is 10. The normalized spacial score (nSPS) is 11.5. The molecule has 0 radical (unpaired) electrons. The van der Waals surface area contributed by atoms with E-state index in [9.17, 15) is 0 Å². The van der Waals surface area contributed by atoms with Crippen LogP contribution in [0.25, 0.3) is 111 Å². The molecule has 2 nitrogen and oxygen atoms in total. The van der Waals surface area contributed by atoms with Crippen molar-refractivity contribution in [1.82, 2.24) is 0 Å². The molecule has 0 heterocycles. The summed E-state index contributed by atoms with van der Waals surface area (Å²) in [5.74, 6) is -11.2.